The van der Waals surface area contributed by atoms with Crippen LogP contribution in [-0.2, 0) is 6.42 Å². The molecule has 4 rings (SSSR count). The molecule has 0 spiro atoms. The predicted molar refractivity (Wildman–Crippen MR) is 102 cm³/mol. The molecule has 1 saturated heterocycles. The van der Waals surface area contributed by atoms with E-state index in [0.29, 0.717) is 12.1 Å². The van der Waals surface area contributed by atoms with Gasteiger partial charge in [0.05, 0.1) is 11.5 Å². The number of nitrogens with zero attached hydrogens (tertiary/aromatic N) is 3. The molecule has 0 atom stereocenters. The van der Waals surface area contributed by atoms with E-state index in [1.165, 1.54) is 5.56 Å². The van der Waals surface area contributed by atoms with Crippen LogP contribution in [0.25, 0.3) is 0 Å². The highest BCUT2D eigenvalue weighted by Gasteiger charge is 2.45. The quantitative estimate of drug-likeness (QED) is 0.786. The first-order valence-electron chi connectivity index (χ1n) is 10.2. The summed E-state index contributed by atoms with van der Waals surface area (Å²) in [5, 5.41) is 9.32. The van der Waals surface area contributed by atoms with Gasteiger partial charge in [-0.15, -0.1) is 0 Å². The Kier molecular flexibility index (Phi) is 4.75. The highest BCUT2D eigenvalue weighted by atomic mass is 16.2. The lowest BCUT2D eigenvalue weighted by Crippen LogP contribution is -2.49. The number of rotatable bonds is 6. The van der Waals surface area contributed by atoms with Gasteiger partial charge in [0.2, 0.25) is 0 Å². The molecule has 1 aromatic rings. The number of hydrogen-bond donors (Lipinski definition) is 0. The van der Waals surface area contributed by atoms with Crippen molar-refractivity contribution in [3.63, 3.8) is 0 Å². The molecule has 2 saturated carbocycles. The van der Waals surface area contributed by atoms with Gasteiger partial charge in [0, 0.05) is 37.3 Å². The molecule has 1 aromatic carbocycles. The maximum absolute atomic E-state index is 13.2. The van der Waals surface area contributed by atoms with Crippen molar-refractivity contribution < 1.29 is 4.79 Å². The van der Waals surface area contributed by atoms with Crippen molar-refractivity contribution >= 4 is 5.91 Å². The highest BCUT2D eigenvalue weighted by Crippen LogP contribution is 2.46. The number of aryl methyl sites for hydroxylation is 1. The van der Waals surface area contributed by atoms with Crippen LogP contribution in [0, 0.1) is 16.7 Å². The molecule has 26 heavy (non-hydrogen) atoms. The second kappa shape index (κ2) is 7.04. The van der Waals surface area contributed by atoms with Crippen LogP contribution in [0.15, 0.2) is 24.3 Å². The largest absolute Gasteiger partial charge is 0.333 e. The molecule has 4 nitrogen and oxygen atoms in total. The van der Waals surface area contributed by atoms with Crippen molar-refractivity contribution in [1.82, 2.24) is 9.80 Å². The molecule has 1 heterocycles. The fraction of sp³-hybridized carbons (Fsp3) is 0.636. The monoisotopic (exact) mass is 351 g/mol. The molecule has 3 fully saturated rings. The molecular weight excluding hydrogens is 322 g/mol. The van der Waals surface area contributed by atoms with Crippen LogP contribution in [0.4, 0.5) is 0 Å². The number of nitriles is 1. The lowest BCUT2D eigenvalue weighted by Gasteiger charge is -2.39. The summed E-state index contributed by atoms with van der Waals surface area (Å²) < 4.78 is 0. The molecule has 4 heteroatoms. The Bertz CT molecular complexity index is 689. The van der Waals surface area contributed by atoms with Crippen molar-refractivity contribution in [2.75, 3.05) is 19.6 Å². The third kappa shape index (κ3) is 3.64. The Morgan fingerprint density at radius 1 is 1.15 bits per heavy atom. The minimum Gasteiger partial charge on any atom is -0.333 e. The van der Waals surface area contributed by atoms with Crippen molar-refractivity contribution in [3.05, 3.63) is 35.4 Å². The van der Waals surface area contributed by atoms with Crippen LogP contribution in [0.1, 0.15) is 61.4 Å². The summed E-state index contributed by atoms with van der Waals surface area (Å²) in [6, 6.07) is 11.5. The number of carbonyl (C=O) groups excluding carboxylic acids is 1. The molecule has 1 aliphatic heterocycles. The summed E-state index contributed by atoms with van der Waals surface area (Å²) in [6.07, 6.45) is 7.50. The number of hydrogen-bond acceptors (Lipinski definition) is 3. The van der Waals surface area contributed by atoms with Crippen molar-refractivity contribution in [2.45, 2.75) is 64.0 Å². The van der Waals surface area contributed by atoms with Gasteiger partial charge in [-0.1, -0.05) is 19.1 Å². The number of carbonyl (C=O) groups is 1. The van der Waals surface area contributed by atoms with Gasteiger partial charge in [0.25, 0.3) is 5.91 Å². The average molecular weight is 351 g/mol. The number of amides is 1. The van der Waals surface area contributed by atoms with Gasteiger partial charge in [-0.25, -0.2) is 0 Å². The Labute approximate surface area is 156 Å². The molecule has 0 bridgehead atoms. The second-order valence-electron chi connectivity index (χ2n) is 8.39. The molecule has 0 unspecified atom stereocenters. The van der Waals surface area contributed by atoms with E-state index in [-0.39, 0.29) is 11.3 Å². The highest BCUT2D eigenvalue weighted by molar-refractivity contribution is 5.95. The Morgan fingerprint density at radius 3 is 2.27 bits per heavy atom. The zero-order chi connectivity index (χ0) is 18.1. The lowest BCUT2D eigenvalue weighted by atomic mass is 9.99. The summed E-state index contributed by atoms with van der Waals surface area (Å²) in [5.41, 5.74) is 2.05. The first-order chi connectivity index (χ1) is 12.6. The van der Waals surface area contributed by atoms with Crippen LogP contribution in [0.3, 0.4) is 0 Å². The van der Waals surface area contributed by atoms with Gasteiger partial charge in [-0.3, -0.25) is 4.79 Å². The maximum Gasteiger partial charge on any atom is 0.254 e. The molecular formula is C22H29N3O. The van der Waals surface area contributed by atoms with E-state index in [0.717, 1.165) is 70.1 Å². The molecule has 0 radical (unpaired) electrons. The molecule has 138 valence electrons. The van der Waals surface area contributed by atoms with Gasteiger partial charge in [-0.2, -0.15) is 5.26 Å². The summed E-state index contributed by atoms with van der Waals surface area (Å²) in [5.74, 6) is 0.212. The third-order valence-electron chi connectivity index (χ3n) is 6.35. The van der Waals surface area contributed by atoms with Crippen LogP contribution in [0.2, 0.25) is 0 Å². The van der Waals surface area contributed by atoms with Crippen LogP contribution in [0.5, 0.6) is 0 Å². The Hall–Kier alpha value is -1.86. The molecule has 3 aliphatic rings. The van der Waals surface area contributed by atoms with Gasteiger partial charge in [-0.05, 0) is 62.6 Å². The third-order valence-corrected chi connectivity index (χ3v) is 6.35. The summed E-state index contributed by atoms with van der Waals surface area (Å²) in [6.45, 7) is 5.09. The zero-order valence-electron chi connectivity index (χ0n) is 15.8. The van der Waals surface area contributed by atoms with Gasteiger partial charge < -0.3 is 9.80 Å². The minimum atomic E-state index is -0.0557. The SMILES string of the molecule is CCc1ccc(C(=O)N(C2CC2)C2CCN(CC3(C#N)CC3)CC2)cc1. The van der Waals surface area contributed by atoms with E-state index in [2.05, 4.69) is 34.9 Å². The smallest absolute Gasteiger partial charge is 0.254 e. The van der Waals surface area contributed by atoms with E-state index >= 15 is 0 Å². The van der Waals surface area contributed by atoms with Gasteiger partial charge in [0.1, 0.15) is 0 Å². The lowest BCUT2D eigenvalue weighted by molar-refractivity contribution is 0.0537. The number of benzene rings is 1. The van der Waals surface area contributed by atoms with Gasteiger partial charge >= 0.3 is 0 Å². The van der Waals surface area contributed by atoms with Crippen molar-refractivity contribution in [2.24, 2.45) is 5.41 Å². The molecule has 1 amide bonds. The molecule has 0 aromatic heterocycles. The number of piperidine rings is 1. The van der Waals surface area contributed by atoms with Crippen molar-refractivity contribution in [1.29, 1.82) is 5.26 Å². The van der Waals surface area contributed by atoms with Crippen LogP contribution < -0.4 is 0 Å². The fourth-order valence-corrected chi connectivity index (χ4v) is 4.25. The second-order valence-corrected chi connectivity index (χ2v) is 8.39. The average Bonchev–Trinajstić information content (AvgIpc) is 3.60. The normalized spacial score (nSPS) is 22.6. The van der Waals surface area contributed by atoms with Gasteiger partial charge in [0.15, 0.2) is 0 Å². The standard InChI is InChI=1S/C22H29N3O/c1-2-17-3-5-18(6-4-17)21(26)25(19-7-8-19)20-9-13-24(14-10-20)16-22(15-23)11-12-22/h3-6,19-20H,2,7-14,16H2,1H3. The predicted octanol–water partition coefficient (Wildman–Crippen LogP) is 3.62. The fourth-order valence-electron chi connectivity index (χ4n) is 4.25. The van der Waals surface area contributed by atoms with E-state index in [9.17, 15) is 10.1 Å². The van der Waals surface area contributed by atoms with E-state index in [4.69, 9.17) is 0 Å². The number of likely N-dealkylation sites (tertiary alicyclic amines) is 1. The first kappa shape index (κ1) is 17.5. The maximum atomic E-state index is 13.2. The summed E-state index contributed by atoms with van der Waals surface area (Å²) >= 11 is 0. The summed E-state index contributed by atoms with van der Waals surface area (Å²) in [4.78, 5) is 17.8. The Morgan fingerprint density at radius 2 is 1.77 bits per heavy atom. The Balaban J connectivity index is 1.39. The topological polar surface area (TPSA) is 47.3 Å². The van der Waals surface area contributed by atoms with E-state index in [1.54, 1.807) is 0 Å². The molecule has 0 N–H and O–H groups in total. The molecule has 2 aliphatic carbocycles. The van der Waals surface area contributed by atoms with E-state index in [1.807, 2.05) is 12.1 Å². The van der Waals surface area contributed by atoms with E-state index < -0.39 is 0 Å². The minimum absolute atomic E-state index is 0.0557. The van der Waals surface area contributed by atoms with Crippen LogP contribution >= 0.6 is 0 Å². The van der Waals surface area contributed by atoms with Crippen LogP contribution in [-0.4, -0.2) is 47.4 Å². The first-order valence-corrected chi connectivity index (χ1v) is 10.2. The van der Waals surface area contributed by atoms with Crippen molar-refractivity contribution in [3.8, 4) is 6.07 Å². The zero-order valence-corrected chi connectivity index (χ0v) is 15.8. The summed E-state index contributed by atoms with van der Waals surface area (Å²) in [7, 11) is 0.